The molecular formula is C9H12ClN3. The third-order valence-electron chi connectivity index (χ3n) is 2.48. The van der Waals surface area contributed by atoms with Crippen molar-refractivity contribution in [2.45, 2.75) is 19.9 Å². The smallest absolute Gasteiger partial charge is 0.137 e. The minimum Gasteiger partial charge on any atom is -0.299 e. The molecule has 1 aromatic heterocycles. The molecule has 1 aromatic rings. The largest absolute Gasteiger partial charge is 0.299 e. The molecule has 3 nitrogen and oxygen atoms in total. The topological polar surface area (TPSA) is 29.0 Å². The van der Waals surface area contributed by atoms with Crippen LogP contribution in [0.5, 0.6) is 0 Å². The summed E-state index contributed by atoms with van der Waals surface area (Å²) in [5, 5.41) is 0.614. The van der Waals surface area contributed by atoms with Crippen LogP contribution in [-0.2, 0) is 13.0 Å². The van der Waals surface area contributed by atoms with Crippen LogP contribution in [0.15, 0.2) is 6.33 Å². The Morgan fingerprint density at radius 2 is 2.38 bits per heavy atom. The fraction of sp³-hybridized carbons (Fsp3) is 0.556. The number of nitrogens with zero attached hydrogens (tertiary/aromatic N) is 3. The predicted octanol–water partition coefficient (Wildman–Crippen LogP) is 1.51. The van der Waals surface area contributed by atoms with Crippen molar-refractivity contribution in [3.8, 4) is 0 Å². The summed E-state index contributed by atoms with van der Waals surface area (Å²) < 4.78 is 0. The molecule has 0 spiro atoms. The fourth-order valence-electron chi connectivity index (χ4n) is 1.63. The highest BCUT2D eigenvalue weighted by Crippen LogP contribution is 2.21. The van der Waals surface area contributed by atoms with Gasteiger partial charge in [0.25, 0.3) is 0 Å². The summed E-state index contributed by atoms with van der Waals surface area (Å²) in [4.78, 5) is 10.6. The molecule has 4 heteroatoms. The van der Waals surface area contributed by atoms with Gasteiger partial charge in [-0.05, 0) is 6.54 Å². The van der Waals surface area contributed by atoms with Crippen LogP contribution in [-0.4, -0.2) is 28.0 Å². The molecule has 2 heterocycles. The standard InChI is InChI=1S/C9H12ClN3/c1-2-13-4-3-8-7(5-13)9(10)12-6-11-8/h6H,2-5H2,1H3. The first kappa shape index (κ1) is 8.91. The van der Waals surface area contributed by atoms with Crippen molar-refractivity contribution in [2.24, 2.45) is 0 Å². The molecule has 0 fully saturated rings. The number of likely N-dealkylation sites (N-methyl/N-ethyl adjacent to an activating group) is 1. The number of fused-ring (bicyclic) bond motifs is 1. The molecule has 1 aliphatic heterocycles. The molecule has 0 N–H and O–H groups in total. The molecular weight excluding hydrogens is 186 g/mol. The summed E-state index contributed by atoms with van der Waals surface area (Å²) in [6.45, 7) is 5.19. The Balaban J connectivity index is 2.32. The second kappa shape index (κ2) is 3.60. The summed E-state index contributed by atoms with van der Waals surface area (Å²) in [6.07, 6.45) is 2.54. The number of halogens is 1. The normalized spacial score (nSPS) is 17.1. The number of hydrogen-bond donors (Lipinski definition) is 0. The monoisotopic (exact) mass is 197 g/mol. The molecule has 1 aliphatic rings. The number of hydrogen-bond acceptors (Lipinski definition) is 3. The first-order chi connectivity index (χ1) is 6.31. The highest BCUT2D eigenvalue weighted by Gasteiger charge is 2.18. The maximum absolute atomic E-state index is 5.99. The van der Waals surface area contributed by atoms with Crippen molar-refractivity contribution < 1.29 is 0 Å². The van der Waals surface area contributed by atoms with E-state index in [1.165, 1.54) is 0 Å². The van der Waals surface area contributed by atoms with Crippen molar-refractivity contribution in [1.82, 2.24) is 14.9 Å². The average molecular weight is 198 g/mol. The van der Waals surface area contributed by atoms with Crippen LogP contribution < -0.4 is 0 Å². The van der Waals surface area contributed by atoms with E-state index in [-0.39, 0.29) is 0 Å². The molecule has 0 aromatic carbocycles. The highest BCUT2D eigenvalue weighted by atomic mass is 35.5. The molecule has 0 unspecified atom stereocenters. The summed E-state index contributed by atoms with van der Waals surface area (Å²) >= 11 is 5.99. The van der Waals surface area contributed by atoms with E-state index < -0.39 is 0 Å². The van der Waals surface area contributed by atoms with Crippen molar-refractivity contribution in [1.29, 1.82) is 0 Å². The van der Waals surface area contributed by atoms with E-state index in [2.05, 4.69) is 21.8 Å². The lowest BCUT2D eigenvalue weighted by Gasteiger charge is -2.26. The second-order valence-electron chi connectivity index (χ2n) is 3.21. The van der Waals surface area contributed by atoms with Crippen LogP contribution in [0.25, 0.3) is 0 Å². The minimum absolute atomic E-state index is 0.614. The van der Waals surface area contributed by atoms with Gasteiger partial charge in [-0.2, -0.15) is 0 Å². The van der Waals surface area contributed by atoms with E-state index in [0.29, 0.717) is 5.15 Å². The summed E-state index contributed by atoms with van der Waals surface area (Å²) in [7, 11) is 0. The maximum Gasteiger partial charge on any atom is 0.137 e. The van der Waals surface area contributed by atoms with Crippen molar-refractivity contribution in [2.75, 3.05) is 13.1 Å². The van der Waals surface area contributed by atoms with Crippen LogP contribution in [0.3, 0.4) is 0 Å². The van der Waals surface area contributed by atoms with Gasteiger partial charge in [0.2, 0.25) is 0 Å². The highest BCUT2D eigenvalue weighted by molar-refractivity contribution is 6.30. The third kappa shape index (κ3) is 1.67. The summed E-state index contributed by atoms with van der Waals surface area (Å²) in [5.74, 6) is 0. The van der Waals surface area contributed by atoms with Crippen LogP contribution in [0, 0.1) is 0 Å². The quantitative estimate of drug-likeness (QED) is 0.640. The molecule has 0 amide bonds. The van der Waals surface area contributed by atoms with Gasteiger partial charge in [-0.3, -0.25) is 4.90 Å². The Hall–Kier alpha value is -0.670. The van der Waals surface area contributed by atoms with E-state index in [0.717, 1.165) is 37.3 Å². The molecule has 0 saturated heterocycles. The number of rotatable bonds is 1. The molecule has 2 rings (SSSR count). The Bertz CT molecular complexity index is 314. The van der Waals surface area contributed by atoms with Crippen molar-refractivity contribution in [3.63, 3.8) is 0 Å². The molecule has 0 bridgehead atoms. The zero-order valence-corrected chi connectivity index (χ0v) is 8.38. The zero-order chi connectivity index (χ0) is 9.26. The molecule has 0 saturated carbocycles. The van der Waals surface area contributed by atoms with Gasteiger partial charge < -0.3 is 0 Å². The van der Waals surface area contributed by atoms with Gasteiger partial charge in [-0.15, -0.1) is 0 Å². The van der Waals surface area contributed by atoms with Gasteiger partial charge in [0.15, 0.2) is 0 Å². The lowest BCUT2D eigenvalue weighted by molar-refractivity contribution is 0.265. The third-order valence-corrected chi connectivity index (χ3v) is 2.80. The lowest BCUT2D eigenvalue weighted by Crippen LogP contribution is -2.31. The van der Waals surface area contributed by atoms with E-state index in [1.807, 2.05) is 0 Å². The van der Waals surface area contributed by atoms with E-state index in [1.54, 1.807) is 6.33 Å². The molecule has 13 heavy (non-hydrogen) atoms. The zero-order valence-electron chi connectivity index (χ0n) is 7.63. The van der Waals surface area contributed by atoms with Gasteiger partial charge in [0, 0.05) is 25.1 Å². The fourth-order valence-corrected chi connectivity index (χ4v) is 1.85. The van der Waals surface area contributed by atoms with Crippen molar-refractivity contribution >= 4 is 11.6 Å². The van der Waals surface area contributed by atoms with Crippen LogP contribution >= 0.6 is 11.6 Å². The SMILES string of the molecule is CCN1CCc2ncnc(Cl)c2C1. The van der Waals surface area contributed by atoms with Gasteiger partial charge >= 0.3 is 0 Å². The second-order valence-corrected chi connectivity index (χ2v) is 3.57. The molecule has 0 radical (unpaired) electrons. The van der Waals surface area contributed by atoms with Crippen LogP contribution in [0.4, 0.5) is 0 Å². The van der Waals surface area contributed by atoms with Crippen molar-refractivity contribution in [3.05, 3.63) is 22.7 Å². The molecule has 0 aliphatic carbocycles. The Kier molecular flexibility index (Phi) is 2.47. The lowest BCUT2D eigenvalue weighted by atomic mass is 10.1. The summed E-state index contributed by atoms with van der Waals surface area (Å²) in [5.41, 5.74) is 2.22. The molecule has 70 valence electrons. The first-order valence-electron chi connectivity index (χ1n) is 4.52. The van der Waals surface area contributed by atoms with E-state index in [9.17, 15) is 0 Å². The van der Waals surface area contributed by atoms with Gasteiger partial charge in [0.05, 0.1) is 5.69 Å². The Morgan fingerprint density at radius 1 is 1.54 bits per heavy atom. The van der Waals surface area contributed by atoms with E-state index in [4.69, 9.17) is 11.6 Å². The Morgan fingerprint density at radius 3 is 3.15 bits per heavy atom. The molecule has 0 atom stereocenters. The maximum atomic E-state index is 5.99. The van der Waals surface area contributed by atoms with Gasteiger partial charge in [-0.25, -0.2) is 9.97 Å². The van der Waals surface area contributed by atoms with E-state index >= 15 is 0 Å². The minimum atomic E-state index is 0.614. The first-order valence-corrected chi connectivity index (χ1v) is 4.89. The van der Waals surface area contributed by atoms with Gasteiger partial charge in [0.1, 0.15) is 11.5 Å². The summed E-state index contributed by atoms with van der Waals surface area (Å²) in [6, 6.07) is 0. The Labute approximate surface area is 82.8 Å². The average Bonchev–Trinajstić information content (AvgIpc) is 2.18. The van der Waals surface area contributed by atoms with Gasteiger partial charge in [-0.1, -0.05) is 18.5 Å². The van der Waals surface area contributed by atoms with Crippen LogP contribution in [0.2, 0.25) is 5.15 Å². The van der Waals surface area contributed by atoms with Crippen LogP contribution in [0.1, 0.15) is 18.2 Å². The predicted molar refractivity (Wildman–Crippen MR) is 51.7 cm³/mol. The number of aromatic nitrogens is 2.